The molecule has 4 heteroatoms. The van der Waals surface area contributed by atoms with Crippen LogP contribution in [0.15, 0.2) is 11.6 Å². The summed E-state index contributed by atoms with van der Waals surface area (Å²) in [6, 6.07) is 0. The Kier molecular flexibility index (Phi) is 6.31. The van der Waals surface area contributed by atoms with Crippen LogP contribution in [-0.4, -0.2) is 25.2 Å². The number of carbonyl (C=O) groups excluding carboxylic acids is 2. The highest BCUT2D eigenvalue weighted by Crippen LogP contribution is 2.66. The quantitative estimate of drug-likeness (QED) is 0.391. The highest BCUT2D eigenvalue weighted by molar-refractivity contribution is 5.69. The van der Waals surface area contributed by atoms with Gasteiger partial charge in [0.1, 0.15) is 6.10 Å². The van der Waals surface area contributed by atoms with Crippen LogP contribution in [0.1, 0.15) is 91.9 Å². The Morgan fingerprint density at radius 2 is 1.94 bits per heavy atom. The standard InChI is InChI=1S/C27H42O4/c1-17(6-11-25(29)30-5)22-9-10-23-21-8-7-19-16-20(31-18(2)28)12-14-26(19,3)24(21)13-15-27(22,23)4/h13,17,19-23H,6-12,14-16H2,1-5H3/t17-,19+,20+,21-,22+,23-,26-,27+/m0/s1. The molecular formula is C27H42O4. The Labute approximate surface area is 188 Å². The maximum atomic E-state index is 11.7. The molecule has 4 nitrogen and oxygen atoms in total. The lowest BCUT2D eigenvalue weighted by molar-refractivity contribution is -0.151. The molecule has 0 bridgehead atoms. The van der Waals surface area contributed by atoms with Gasteiger partial charge in [0.05, 0.1) is 7.11 Å². The average molecular weight is 431 g/mol. The van der Waals surface area contributed by atoms with E-state index in [-0.39, 0.29) is 23.5 Å². The van der Waals surface area contributed by atoms with Crippen molar-refractivity contribution in [1.29, 1.82) is 0 Å². The van der Waals surface area contributed by atoms with Gasteiger partial charge in [-0.05, 0) is 98.2 Å². The van der Waals surface area contributed by atoms with Gasteiger partial charge in [0, 0.05) is 13.3 Å². The molecule has 0 N–H and O–H groups in total. The number of allylic oxidation sites excluding steroid dienone is 2. The van der Waals surface area contributed by atoms with Gasteiger partial charge in [0.25, 0.3) is 0 Å². The van der Waals surface area contributed by atoms with E-state index in [1.54, 1.807) is 5.57 Å². The highest BCUT2D eigenvalue weighted by atomic mass is 16.5. The van der Waals surface area contributed by atoms with E-state index in [4.69, 9.17) is 9.47 Å². The third-order valence-electron chi connectivity index (χ3n) is 10.1. The summed E-state index contributed by atoms with van der Waals surface area (Å²) in [5.74, 6) is 3.21. The Morgan fingerprint density at radius 3 is 2.65 bits per heavy atom. The molecule has 4 aliphatic rings. The molecular weight excluding hydrogens is 388 g/mol. The number of ether oxygens (including phenoxy) is 2. The molecule has 8 atom stereocenters. The molecule has 3 saturated carbocycles. The van der Waals surface area contributed by atoms with E-state index >= 15 is 0 Å². The van der Waals surface area contributed by atoms with E-state index < -0.39 is 0 Å². The smallest absolute Gasteiger partial charge is 0.305 e. The molecule has 4 rings (SSSR count). The minimum absolute atomic E-state index is 0.0759. The van der Waals surface area contributed by atoms with Crippen LogP contribution in [0.5, 0.6) is 0 Å². The SMILES string of the molecule is COC(=O)CC[C@H](C)[C@H]1CC[C@H]2[C@@H]3CC[C@@H]4C[C@H](OC(C)=O)CC[C@]4(C)C3=CC[C@]12C. The van der Waals surface area contributed by atoms with Crippen LogP contribution in [0.25, 0.3) is 0 Å². The van der Waals surface area contributed by atoms with Crippen LogP contribution in [-0.2, 0) is 19.1 Å². The number of fused-ring (bicyclic) bond motifs is 5. The fourth-order valence-corrected chi connectivity index (χ4v) is 8.45. The van der Waals surface area contributed by atoms with Crippen molar-refractivity contribution < 1.29 is 19.1 Å². The number of hydrogen-bond acceptors (Lipinski definition) is 4. The van der Waals surface area contributed by atoms with Crippen LogP contribution in [0.2, 0.25) is 0 Å². The summed E-state index contributed by atoms with van der Waals surface area (Å²) in [6.45, 7) is 8.95. The largest absolute Gasteiger partial charge is 0.469 e. The molecule has 0 amide bonds. The first kappa shape index (κ1) is 22.9. The van der Waals surface area contributed by atoms with Crippen molar-refractivity contribution in [3.05, 3.63) is 11.6 Å². The summed E-state index contributed by atoms with van der Waals surface area (Å²) < 4.78 is 10.5. The van der Waals surface area contributed by atoms with Gasteiger partial charge >= 0.3 is 11.9 Å². The van der Waals surface area contributed by atoms with Gasteiger partial charge in [-0.2, -0.15) is 0 Å². The number of rotatable bonds is 5. The van der Waals surface area contributed by atoms with Gasteiger partial charge in [-0.3, -0.25) is 9.59 Å². The first-order valence-corrected chi connectivity index (χ1v) is 12.6. The lowest BCUT2D eigenvalue weighted by Gasteiger charge is -2.57. The number of carbonyl (C=O) groups is 2. The first-order chi connectivity index (χ1) is 14.7. The molecule has 0 saturated heterocycles. The van der Waals surface area contributed by atoms with Gasteiger partial charge in [-0.1, -0.05) is 32.4 Å². The Bertz CT molecular complexity index is 742. The van der Waals surface area contributed by atoms with Crippen molar-refractivity contribution in [2.45, 2.75) is 98.0 Å². The van der Waals surface area contributed by atoms with Crippen molar-refractivity contribution in [3.8, 4) is 0 Å². The summed E-state index contributed by atoms with van der Waals surface area (Å²) in [5, 5.41) is 0. The maximum Gasteiger partial charge on any atom is 0.305 e. The van der Waals surface area contributed by atoms with Crippen LogP contribution >= 0.6 is 0 Å². The summed E-state index contributed by atoms with van der Waals surface area (Å²) >= 11 is 0. The van der Waals surface area contributed by atoms with Gasteiger partial charge in [-0.15, -0.1) is 0 Å². The predicted molar refractivity (Wildman–Crippen MR) is 121 cm³/mol. The molecule has 0 aromatic carbocycles. The molecule has 0 unspecified atom stereocenters. The number of methoxy groups -OCH3 is 1. The molecule has 0 radical (unpaired) electrons. The topological polar surface area (TPSA) is 52.6 Å². The first-order valence-electron chi connectivity index (χ1n) is 12.6. The van der Waals surface area contributed by atoms with Crippen molar-refractivity contribution in [3.63, 3.8) is 0 Å². The molecule has 4 aliphatic carbocycles. The Morgan fingerprint density at radius 1 is 1.16 bits per heavy atom. The summed E-state index contributed by atoms with van der Waals surface area (Å²) in [4.78, 5) is 23.1. The maximum absolute atomic E-state index is 11.7. The summed E-state index contributed by atoms with van der Waals surface area (Å²) in [7, 11) is 1.49. The lowest BCUT2D eigenvalue weighted by Crippen LogP contribution is -2.49. The fraction of sp³-hybridized carbons (Fsp3) is 0.852. The predicted octanol–water partition coefficient (Wildman–Crippen LogP) is 6.09. The second-order valence-electron chi connectivity index (χ2n) is 11.6. The Balaban J connectivity index is 1.50. The monoisotopic (exact) mass is 430 g/mol. The highest BCUT2D eigenvalue weighted by Gasteiger charge is 2.57. The third-order valence-corrected chi connectivity index (χ3v) is 10.1. The van der Waals surface area contributed by atoms with Crippen molar-refractivity contribution in [1.82, 2.24) is 0 Å². The second kappa shape index (κ2) is 8.56. The van der Waals surface area contributed by atoms with Gasteiger partial charge in [-0.25, -0.2) is 0 Å². The normalized spacial score (nSPS) is 42.5. The average Bonchev–Trinajstić information content (AvgIpc) is 3.09. The minimum Gasteiger partial charge on any atom is -0.469 e. The molecule has 31 heavy (non-hydrogen) atoms. The van der Waals surface area contributed by atoms with E-state index in [9.17, 15) is 9.59 Å². The zero-order chi connectivity index (χ0) is 22.4. The number of hydrogen-bond donors (Lipinski definition) is 0. The lowest BCUT2D eigenvalue weighted by atomic mass is 9.48. The second-order valence-corrected chi connectivity index (χ2v) is 11.6. The van der Waals surface area contributed by atoms with E-state index in [1.807, 2.05) is 0 Å². The summed E-state index contributed by atoms with van der Waals surface area (Å²) in [5.41, 5.74) is 2.40. The van der Waals surface area contributed by atoms with E-state index in [1.165, 1.54) is 46.1 Å². The van der Waals surface area contributed by atoms with Crippen LogP contribution in [0, 0.1) is 40.4 Å². The molecule has 0 aliphatic heterocycles. The van der Waals surface area contributed by atoms with Gasteiger partial charge in [0.2, 0.25) is 0 Å². The summed E-state index contributed by atoms with van der Waals surface area (Å²) in [6.07, 6.45) is 13.8. The molecule has 0 aromatic rings. The van der Waals surface area contributed by atoms with Gasteiger partial charge < -0.3 is 9.47 Å². The van der Waals surface area contributed by atoms with Crippen molar-refractivity contribution in [2.24, 2.45) is 40.4 Å². The van der Waals surface area contributed by atoms with Crippen LogP contribution in [0.3, 0.4) is 0 Å². The van der Waals surface area contributed by atoms with Crippen LogP contribution < -0.4 is 0 Å². The molecule has 0 heterocycles. The van der Waals surface area contributed by atoms with Crippen molar-refractivity contribution >= 4 is 11.9 Å². The zero-order valence-electron chi connectivity index (χ0n) is 20.2. The molecule has 174 valence electrons. The Hall–Kier alpha value is -1.32. The minimum atomic E-state index is -0.131. The van der Waals surface area contributed by atoms with Crippen molar-refractivity contribution in [2.75, 3.05) is 7.11 Å². The fourth-order valence-electron chi connectivity index (χ4n) is 8.45. The molecule has 0 spiro atoms. The van der Waals surface area contributed by atoms with Gasteiger partial charge in [0.15, 0.2) is 0 Å². The molecule has 3 fully saturated rings. The zero-order valence-corrected chi connectivity index (χ0v) is 20.2. The number of esters is 2. The third kappa shape index (κ3) is 3.97. The van der Waals surface area contributed by atoms with Crippen LogP contribution in [0.4, 0.5) is 0 Å². The van der Waals surface area contributed by atoms with E-state index in [2.05, 4.69) is 26.8 Å². The molecule has 0 aromatic heterocycles. The van der Waals surface area contributed by atoms with E-state index in [0.717, 1.165) is 37.5 Å². The van der Waals surface area contributed by atoms with E-state index in [0.29, 0.717) is 29.6 Å².